The Kier molecular flexibility index (Phi) is 4.88. The van der Waals surface area contributed by atoms with Crippen molar-refractivity contribution >= 4 is 28.4 Å². The highest BCUT2D eigenvalue weighted by molar-refractivity contribution is 6.04. The van der Waals surface area contributed by atoms with Crippen molar-refractivity contribution in [3.8, 4) is 0 Å². The van der Waals surface area contributed by atoms with E-state index in [9.17, 15) is 14.0 Å². The molecule has 1 aliphatic heterocycles. The highest BCUT2D eigenvalue weighted by Crippen LogP contribution is 2.39. The van der Waals surface area contributed by atoms with Crippen LogP contribution < -0.4 is 10.2 Å². The second-order valence-electron chi connectivity index (χ2n) is 8.82. The van der Waals surface area contributed by atoms with Crippen molar-refractivity contribution in [2.75, 3.05) is 4.90 Å². The monoisotopic (exact) mass is 407 g/mol. The molecule has 3 aromatic rings. The highest BCUT2D eigenvalue weighted by Gasteiger charge is 2.40. The molecule has 6 heteroatoms. The third-order valence-corrected chi connectivity index (χ3v) is 5.49. The van der Waals surface area contributed by atoms with Crippen LogP contribution in [0.5, 0.6) is 0 Å². The normalized spacial score (nSPS) is 17.0. The summed E-state index contributed by atoms with van der Waals surface area (Å²) in [7, 11) is 1.93. The molecule has 1 atom stereocenters. The Labute approximate surface area is 175 Å². The molecule has 0 radical (unpaired) electrons. The molecule has 0 aliphatic carbocycles. The van der Waals surface area contributed by atoms with Gasteiger partial charge in [0.25, 0.3) is 0 Å². The topological polar surface area (TPSA) is 54.3 Å². The minimum atomic E-state index is -0.850. The van der Waals surface area contributed by atoms with E-state index >= 15 is 0 Å². The van der Waals surface area contributed by atoms with Gasteiger partial charge in [0.2, 0.25) is 11.8 Å². The SMILES string of the molecule is Cn1c2c(c3ccccc31)CCC(=O)N(c1ccc(F)cc1)C2C(=O)NC(C)(C)C. The van der Waals surface area contributed by atoms with Gasteiger partial charge in [0.1, 0.15) is 5.82 Å². The Balaban J connectivity index is 1.96. The molecule has 2 amide bonds. The molecule has 0 bridgehead atoms. The summed E-state index contributed by atoms with van der Waals surface area (Å²) in [6, 6.07) is 12.9. The quantitative estimate of drug-likeness (QED) is 0.690. The first kappa shape index (κ1) is 20.1. The fourth-order valence-corrected chi connectivity index (χ4v) is 4.30. The number of aromatic nitrogens is 1. The van der Waals surface area contributed by atoms with E-state index in [4.69, 9.17) is 0 Å². The van der Waals surface area contributed by atoms with Gasteiger partial charge in [0, 0.05) is 35.6 Å². The summed E-state index contributed by atoms with van der Waals surface area (Å²) in [5.41, 5.74) is 2.87. The molecule has 4 rings (SSSR count). The van der Waals surface area contributed by atoms with E-state index in [1.54, 1.807) is 12.1 Å². The minimum absolute atomic E-state index is 0.157. The lowest BCUT2D eigenvalue weighted by molar-refractivity contribution is -0.127. The van der Waals surface area contributed by atoms with Crippen molar-refractivity contribution in [2.24, 2.45) is 7.05 Å². The Morgan fingerprint density at radius 2 is 1.73 bits per heavy atom. The number of nitrogens with one attached hydrogen (secondary N) is 1. The Bertz CT molecular complexity index is 1130. The van der Waals surface area contributed by atoms with Crippen LogP contribution in [0.1, 0.15) is 44.5 Å². The molecule has 0 saturated carbocycles. The zero-order valence-electron chi connectivity index (χ0n) is 17.7. The number of nitrogens with zero attached hydrogens (tertiary/aromatic N) is 2. The van der Waals surface area contributed by atoms with Crippen molar-refractivity contribution in [2.45, 2.75) is 45.2 Å². The van der Waals surface area contributed by atoms with Crippen molar-refractivity contribution in [3.05, 3.63) is 65.6 Å². The zero-order valence-corrected chi connectivity index (χ0v) is 17.7. The van der Waals surface area contributed by atoms with Crippen molar-refractivity contribution < 1.29 is 14.0 Å². The number of hydrogen-bond donors (Lipinski definition) is 1. The molecular formula is C24H26FN3O2. The van der Waals surface area contributed by atoms with Crippen LogP contribution in [0.3, 0.4) is 0 Å². The van der Waals surface area contributed by atoms with Crippen molar-refractivity contribution in [3.63, 3.8) is 0 Å². The van der Waals surface area contributed by atoms with Crippen LogP contribution >= 0.6 is 0 Å². The number of halogens is 1. The molecule has 1 aliphatic rings. The van der Waals surface area contributed by atoms with E-state index in [1.165, 1.54) is 17.0 Å². The van der Waals surface area contributed by atoms with Gasteiger partial charge < -0.3 is 9.88 Å². The second-order valence-corrected chi connectivity index (χ2v) is 8.82. The number of benzene rings is 2. The summed E-state index contributed by atoms with van der Waals surface area (Å²) in [6.07, 6.45) is 0.824. The van der Waals surface area contributed by atoms with Gasteiger partial charge in [-0.1, -0.05) is 18.2 Å². The first-order chi connectivity index (χ1) is 14.2. The molecule has 2 heterocycles. The van der Waals surface area contributed by atoms with Gasteiger partial charge in [0.15, 0.2) is 6.04 Å². The summed E-state index contributed by atoms with van der Waals surface area (Å²) in [5.74, 6) is -0.799. The van der Waals surface area contributed by atoms with E-state index in [-0.39, 0.29) is 24.1 Å². The molecule has 156 valence electrons. The number of fused-ring (bicyclic) bond motifs is 3. The predicted molar refractivity (Wildman–Crippen MR) is 116 cm³/mol. The van der Waals surface area contributed by atoms with Crippen LogP contribution in [0, 0.1) is 5.82 Å². The molecule has 0 fully saturated rings. The average molecular weight is 407 g/mol. The summed E-state index contributed by atoms with van der Waals surface area (Å²) in [6.45, 7) is 5.73. The number of rotatable bonds is 2. The van der Waals surface area contributed by atoms with Crippen molar-refractivity contribution in [1.82, 2.24) is 9.88 Å². The number of para-hydroxylation sites is 1. The maximum atomic E-state index is 13.6. The maximum absolute atomic E-state index is 13.6. The van der Waals surface area contributed by atoms with E-state index in [0.29, 0.717) is 12.1 Å². The molecule has 30 heavy (non-hydrogen) atoms. The zero-order chi connectivity index (χ0) is 21.6. The number of carbonyl (C=O) groups excluding carboxylic acids is 2. The fourth-order valence-electron chi connectivity index (χ4n) is 4.30. The third kappa shape index (κ3) is 3.47. The van der Waals surface area contributed by atoms with E-state index in [0.717, 1.165) is 22.2 Å². The van der Waals surface area contributed by atoms with E-state index in [2.05, 4.69) is 5.32 Å². The Morgan fingerprint density at radius 3 is 2.40 bits per heavy atom. The minimum Gasteiger partial charge on any atom is -0.349 e. The van der Waals surface area contributed by atoms with E-state index < -0.39 is 11.6 Å². The highest BCUT2D eigenvalue weighted by atomic mass is 19.1. The first-order valence-electron chi connectivity index (χ1n) is 10.1. The van der Waals surface area contributed by atoms with Crippen LogP contribution in [0.15, 0.2) is 48.5 Å². The second kappa shape index (κ2) is 7.27. The number of carbonyl (C=O) groups is 2. The molecule has 1 unspecified atom stereocenters. The average Bonchev–Trinajstić information content (AvgIpc) is 2.85. The molecule has 1 aromatic heterocycles. The van der Waals surface area contributed by atoms with E-state index in [1.807, 2.05) is 56.7 Å². The summed E-state index contributed by atoms with van der Waals surface area (Å²) in [5, 5.41) is 4.09. The van der Waals surface area contributed by atoms with Gasteiger partial charge >= 0.3 is 0 Å². The van der Waals surface area contributed by atoms with Crippen molar-refractivity contribution in [1.29, 1.82) is 0 Å². The lowest BCUT2D eigenvalue weighted by atomic mass is 10.0. The molecule has 0 saturated heterocycles. The Morgan fingerprint density at radius 1 is 1.07 bits per heavy atom. The summed E-state index contributed by atoms with van der Waals surface area (Å²) in [4.78, 5) is 28.3. The standard InChI is InChI=1S/C24H26FN3O2/c1-24(2,3)26-23(30)22-21-18(17-7-5-6-8-19(17)27(21)4)13-14-20(29)28(22)16-11-9-15(25)10-12-16/h5-12,22H,13-14H2,1-4H3,(H,26,30). The van der Waals surface area contributed by atoms with Gasteiger partial charge in [-0.05, 0) is 63.1 Å². The number of amides is 2. The lowest BCUT2D eigenvalue weighted by Gasteiger charge is -2.33. The van der Waals surface area contributed by atoms with Crippen LogP contribution in [-0.2, 0) is 23.1 Å². The van der Waals surface area contributed by atoms with Crippen LogP contribution in [0.25, 0.3) is 10.9 Å². The number of anilines is 1. The fraction of sp³-hybridized carbons (Fsp3) is 0.333. The number of hydrogen-bond acceptors (Lipinski definition) is 2. The molecule has 5 nitrogen and oxygen atoms in total. The van der Waals surface area contributed by atoms with Crippen LogP contribution in [-0.4, -0.2) is 21.9 Å². The largest absolute Gasteiger partial charge is 0.349 e. The van der Waals surface area contributed by atoms with Gasteiger partial charge in [-0.25, -0.2) is 4.39 Å². The van der Waals surface area contributed by atoms with Gasteiger partial charge in [0.05, 0.1) is 5.69 Å². The predicted octanol–water partition coefficient (Wildman–Crippen LogP) is 4.25. The molecule has 2 aromatic carbocycles. The molecular weight excluding hydrogens is 381 g/mol. The Hall–Kier alpha value is -3.15. The molecule has 0 spiro atoms. The smallest absolute Gasteiger partial charge is 0.249 e. The number of aryl methyl sites for hydroxylation is 2. The third-order valence-electron chi connectivity index (χ3n) is 5.49. The van der Waals surface area contributed by atoms with Gasteiger partial charge in [-0.2, -0.15) is 0 Å². The van der Waals surface area contributed by atoms with Crippen LogP contribution in [0.4, 0.5) is 10.1 Å². The maximum Gasteiger partial charge on any atom is 0.249 e. The van der Waals surface area contributed by atoms with Gasteiger partial charge in [-0.3, -0.25) is 14.5 Å². The summed E-state index contributed by atoms with van der Waals surface area (Å²) < 4.78 is 15.6. The molecule has 1 N–H and O–H groups in total. The first-order valence-corrected chi connectivity index (χ1v) is 10.1. The van der Waals surface area contributed by atoms with Crippen LogP contribution in [0.2, 0.25) is 0 Å². The summed E-state index contributed by atoms with van der Waals surface area (Å²) >= 11 is 0. The van der Waals surface area contributed by atoms with Gasteiger partial charge in [-0.15, -0.1) is 0 Å². The lowest BCUT2D eigenvalue weighted by Crippen LogP contribution is -2.49.